The third-order valence-corrected chi connectivity index (χ3v) is 12.1. The Labute approximate surface area is 268 Å². The van der Waals surface area contributed by atoms with Gasteiger partial charge in [-0.2, -0.15) is 0 Å². The molecule has 7 atom stereocenters. The number of nitrogens with zero attached hydrogens (tertiary/aromatic N) is 5. The van der Waals surface area contributed by atoms with Crippen molar-refractivity contribution in [1.82, 2.24) is 24.8 Å². The molecule has 44 heavy (non-hydrogen) atoms. The van der Waals surface area contributed by atoms with Crippen molar-refractivity contribution in [1.29, 1.82) is 0 Å². The van der Waals surface area contributed by atoms with Crippen LogP contribution in [0, 0.1) is 11.8 Å². The number of aromatic nitrogens is 3. The van der Waals surface area contributed by atoms with Gasteiger partial charge in [0.15, 0.2) is 0 Å². The molecule has 6 rings (SSSR count). The Morgan fingerprint density at radius 2 is 1.93 bits per heavy atom. The number of ether oxygens (including phenoxy) is 1. The molecule has 0 saturated carbocycles. The molecule has 2 amide bonds. The highest BCUT2D eigenvalue weighted by Crippen LogP contribution is 2.68. The minimum atomic E-state index is -0.965. The van der Waals surface area contributed by atoms with Crippen molar-refractivity contribution in [3.63, 3.8) is 0 Å². The van der Waals surface area contributed by atoms with Crippen LogP contribution in [0.3, 0.4) is 0 Å². The van der Waals surface area contributed by atoms with E-state index in [0.717, 1.165) is 5.52 Å². The van der Waals surface area contributed by atoms with Gasteiger partial charge in [0.2, 0.25) is 11.8 Å². The number of rotatable bonds is 12. The molecule has 3 saturated heterocycles. The molecular formula is C32H34BrN5O5S. The predicted octanol–water partition coefficient (Wildman–Crippen LogP) is 3.72. The lowest BCUT2D eigenvalue weighted by molar-refractivity contribution is -0.154. The summed E-state index contributed by atoms with van der Waals surface area (Å²) in [6.07, 6.45) is 4.32. The summed E-state index contributed by atoms with van der Waals surface area (Å²) in [7, 11) is 0. The van der Waals surface area contributed by atoms with Crippen LogP contribution in [0.2, 0.25) is 0 Å². The van der Waals surface area contributed by atoms with Crippen LogP contribution in [0.4, 0.5) is 0 Å². The van der Waals surface area contributed by atoms with E-state index in [-0.39, 0.29) is 41.7 Å². The summed E-state index contributed by atoms with van der Waals surface area (Å²) in [6.45, 7) is 7.64. The zero-order valence-corrected chi connectivity index (χ0v) is 26.5. The molecule has 12 heteroatoms. The van der Waals surface area contributed by atoms with Crippen molar-refractivity contribution in [2.24, 2.45) is 11.8 Å². The van der Waals surface area contributed by atoms with E-state index in [2.05, 4.69) is 39.4 Å². The van der Waals surface area contributed by atoms with Gasteiger partial charge in [-0.3, -0.25) is 14.4 Å². The Morgan fingerprint density at radius 1 is 1.18 bits per heavy atom. The van der Waals surface area contributed by atoms with Gasteiger partial charge in [0.05, 0.1) is 41.4 Å². The van der Waals surface area contributed by atoms with Gasteiger partial charge in [0, 0.05) is 16.6 Å². The topological polar surface area (TPSA) is 118 Å². The van der Waals surface area contributed by atoms with Crippen molar-refractivity contribution in [2.45, 2.75) is 46.4 Å². The average Bonchev–Trinajstić information content (AvgIpc) is 3.75. The second-order valence-electron chi connectivity index (χ2n) is 11.3. The number of likely N-dealkylation sites (tertiary alicyclic amines) is 1. The van der Waals surface area contributed by atoms with E-state index in [1.54, 1.807) is 21.7 Å². The Balaban J connectivity index is 1.43. The number of amides is 2. The number of alkyl halides is 1. The normalized spacial score (nSPS) is 27.7. The molecule has 3 aromatic rings. The van der Waals surface area contributed by atoms with Crippen LogP contribution in [0.5, 0.6) is 0 Å². The van der Waals surface area contributed by atoms with E-state index in [1.165, 1.54) is 16.7 Å². The summed E-state index contributed by atoms with van der Waals surface area (Å²) >= 11 is 5.32. The zero-order chi connectivity index (χ0) is 31.0. The fraction of sp³-hybridized carbons (Fsp3) is 0.406. The molecule has 3 aliphatic rings. The molecule has 2 aromatic carbocycles. The number of hydrogen-bond acceptors (Lipinski definition) is 8. The molecule has 4 heterocycles. The molecule has 10 nitrogen and oxygen atoms in total. The van der Waals surface area contributed by atoms with Gasteiger partial charge in [0.25, 0.3) is 0 Å². The summed E-state index contributed by atoms with van der Waals surface area (Å²) in [5, 5.41) is 19.0. The van der Waals surface area contributed by atoms with Crippen molar-refractivity contribution in [2.75, 3.05) is 19.8 Å². The molecule has 230 valence electrons. The second kappa shape index (κ2) is 12.5. The number of aliphatic hydroxyl groups is 1. The molecule has 3 unspecified atom stereocenters. The molecule has 0 aliphatic carbocycles. The fourth-order valence-electron chi connectivity index (χ4n) is 7.05. The zero-order valence-electron chi connectivity index (χ0n) is 24.1. The third kappa shape index (κ3) is 4.96. The predicted molar refractivity (Wildman–Crippen MR) is 171 cm³/mol. The first-order valence-corrected chi connectivity index (χ1v) is 16.4. The van der Waals surface area contributed by atoms with Gasteiger partial charge in [-0.1, -0.05) is 75.8 Å². The van der Waals surface area contributed by atoms with Crippen LogP contribution in [0.25, 0.3) is 11.0 Å². The lowest BCUT2D eigenvalue weighted by Gasteiger charge is -2.40. The summed E-state index contributed by atoms with van der Waals surface area (Å²) < 4.78 is 6.37. The van der Waals surface area contributed by atoms with Crippen LogP contribution in [-0.4, -0.2) is 88.3 Å². The van der Waals surface area contributed by atoms with Crippen LogP contribution >= 0.6 is 27.7 Å². The van der Waals surface area contributed by atoms with Gasteiger partial charge < -0.3 is 19.6 Å². The molecule has 0 radical (unpaired) electrons. The monoisotopic (exact) mass is 679 g/mol. The van der Waals surface area contributed by atoms with Gasteiger partial charge in [-0.05, 0) is 30.5 Å². The standard InChI is InChI=1S/C32H34BrN5O5S/c1-3-5-16-43-31(42)25-26-29(40)38(24(18-39)20-11-7-6-8-12-20)28(32(26)17-21(33)27(25)44-32)30(41)36(15-4-2)19-37-23-14-10-9-13-22(23)34-35-37/h3-4,6-14,21,24-28,39H,1-2,5,15-19H2/t21?,24-,25+,26+,27+,28?,32?/m1/s1. The number of halogens is 1. The average molecular weight is 681 g/mol. The SMILES string of the molecule is C=CCCOC(=O)[C@H]1[C@H]2C(=O)N([C@H](CO)c3ccccc3)C(C(=O)N(CC=C)Cn3nnc4ccccc43)C23CC(Br)[C@@H]1S3. The van der Waals surface area contributed by atoms with Crippen LogP contribution < -0.4 is 0 Å². The van der Waals surface area contributed by atoms with E-state index in [9.17, 15) is 19.5 Å². The maximum atomic E-state index is 14.9. The highest BCUT2D eigenvalue weighted by Gasteiger charge is 2.76. The number of aliphatic hydroxyl groups excluding tert-OH is 1. The van der Waals surface area contributed by atoms with E-state index in [0.29, 0.717) is 23.9 Å². The Bertz CT molecular complexity index is 1590. The summed E-state index contributed by atoms with van der Waals surface area (Å²) in [6, 6.07) is 14.9. The first-order valence-electron chi connectivity index (χ1n) is 14.6. The fourth-order valence-corrected chi connectivity index (χ4v) is 10.6. The number of para-hydroxylation sites is 1. The lowest BCUT2D eigenvalue weighted by atomic mass is 9.71. The minimum absolute atomic E-state index is 0.0820. The van der Waals surface area contributed by atoms with Gasteiger partial charge in [-0.25, -0.2) is 4.68 Å². The van der Waals surface area contributed by atoms with E-state index in [4.69, 9.17) is 4.74 Å². The summed E-state index contributed by atoms with van der Waals surface area (Å²) in [4.78, 5) is 46.1. The third-order valence-electron chi connectivity index (χ3n) is 8.88. The van der Waals surface area contributed by atoms with Gasteiger partial charge in [-0.15, -0.1) is 30.0 Å². The number of esters is 1. The van der Waals surface area contributed by atoms with Crippen molar-refractivity contribution < 1.29 is 24.2 Å². The minimum Gasteiger partial charge on any atom is -0.465 e. The molecule has 3 aliphatic heterocycles. The maximum absolute atomic E-state index is 14.9. The van der Waals surface area contributed by atoms with Crippen molar-refractivity contribution in [3.05, 3.63) is 85.5 Å². The van der Waals surface area contributed by atoms with Gasteiger partial charge in [0.1, 0.15) is 18.2 Å². The molecule has 1 aromatic heterocycles. The molecule has 1 N–H and O–H groups in total. The lowest BCUT2D eigenvalue weighted by Crippen LogP contribution is -2.56. The van der Waals surface area contributed by atoms with E-state index >= 15 is 0 Å². The number of hydrogen-bond donors (Lipinski definition) is 1. The summed E-state index contributed by atoms with van der Waals surface area (Å²) in [5.74, 6) is -2.59. The highest BCUT2D eigenvalue weighted by atomic mass is 79.9. The Morgan fingerprint density at radius 3 is 2.66 bits per heavy atom. The van der Waals surface area contributed by atoms with Crippen molar-refractivity contribution >= 4 is 56.5 Å². The number of carbonyl (C=O) groups excluding carboxylic acids is 3. The molecule has 1 spiro atoms. The first-order chi connectivity index (χ1) is 21.4. The number of carbonyl (C=O) groups is 3. The smallest absolute Gasteiger partial charge is 0.310 e. The van der Waals surface area contributed by atoms with Gasteiger partial charge >= 0.3 is 5.97 Å². The van der Waals surface area contributed by atoms with Crippen LogP contribution in [0.1, 0.15) is 24.4 Å². The number of fused-ring (bicyclic) bond motifs is 2. The second-order valence-corrected chi connectivity index (χ2v) is 14.0. The largest absolute Gasteiger partial charge is 0.465 e. The Hall–Kier alpha value is -3.48. The molecule has 3 fully saturated rings. The highest BCUT2D eigenvalue weighted by molar-refractivity contribution is 9.09. The van der Waals surface area contributed by atoms with E-state index < -0.39 is 41.2 Å². The molecular weight excluding hydrogens is 646 g/mol. The first kappa shape index (κ1) is 30.5. The van der Waals surface area contributed by atoms with Crippen LogP contribution in [-0.2, 0) is 25.8 Å². The van der Waals surface area contributed by atoms with Crippen LogP contribution in [0.15, 0.2) is 79.9 Å². The maximum Gasteiger partial charge on any atom is 0.310 e. The Kier molecular flexibility index (Phi) is 8.67. The summed E-state index contributed by atoms with van der Waals surface area (Å²) in [5.41, 5.74) is 2.17. The van der Waals surface area contributed by atoms with Crippen molar-refractivity contribution in [3.8, 4) is 0 Å². The number of benzene rings is 2. The molecule has 2 bridgehead atoms. The number of thioether (sulfide) groups is 1. The quantitative estimate of drug-likeness (QED) is 0.133. The van der Waals surface area contributed by atoms with E-state index in [1.807, 2.05) is 54.6 Å².